The number of methoxy groups -OCH3 is 1. The Balaban J connectivity index is 2.17. The summed E-state index contributed by atoms with van der Waals surface area (Å²) in [5, 5.41) is 0. The third kappa shape index (κ3) is 3.42. The van der Waals surface area contributed by atoms with E-state index >= 15 is 0 Å². The number of alkyl halides is 1. The Kier molecular flexibility index (Phi) is 4.85. The van der Waals surface area contributed by atoms with Gasteiger partial charge in [-0.2, -0.15) is 0 Å². The standard InChI is InChI=1S/C16H16ClFO2/c1-11-7-14(18)5-4-13(11)10-20-16-8-12(9-17)3-6-15(16)19-2/h3-8H,9-10H2,1-2H3. The lowest BCUT2D eigenvalue weighted by Crippen LogP contribution is -2.00. The summed E-state index contributed by atoms with van der Waals surface area (Å²) in [6.45, 7) is 2.21. The van der Waals surface area contributed by atoms with Gasteiger partial charge in [0.1, 0.15) is 12.4 Å². The van der Waals surface area contributed by atoms with E-state index in [2.05, 4.69) is 0 Å². The highest BCUT2D eigenvalue weighted by Gasteiger charge is 2.07. The minimum Gasteiger partial charge on any atom is -0.493 e. The maximum absolute atomic E-state index is 13.1. The number of rotatable bonds is 5. The van der Waals surface area contributed by atoms with E-state index in [-0.39, 0.29) is 5.82 Å². The molecule has 0 bridgehead atoms. The van der Waals surface area contributed by atoms with Crippen molar-refractivity contribution in [1.82, 2.24) is 0 Å². The first kappa shape index (κ1) is 14.7. The minimum absolute atomic E-state index is 0.243. The van der Waals surface area contributed by atoms with Gasteiger partial charge in [-0.1, -0.05) is 12.1 Å². The summed E-state index contributed by atoms with van der Waals surface area (Å²) < 4.78 is 24.1. The quantitative estimate of drug-likeness (QED) is 0.758. The van der Waals surface area contributed by atoms with Gasteiger partial charge < -0.3 is 9.47 Å². The van der Waals surface area contributed by atoms with Gasteiger partial charge >= 0.3 is 0 Å². The second-order valence-electron chi connectivity index (χ2n) is 4.48. The van der Waals surface area contributed by atoms with Gasteiger partial charge in [-0.25, -0.2) is 4.39 Å². The predicted molar refractivity (Wildman–Crippen MR) is 78.0 cm³/mol. The lowest BCUT2D eigenvalue weighted by Gasteiger charge is -2.13. The fraction of sp³-hybridized carbons (Fsp3) is 0.250. The van der Waals surface area contributed by atoms with Gasteiger partial charge in [-0.05, 0) is 47.9 Å². The van der Waals surface area contributed by atoms with Gasteiger partial charge in [0.25, 0.3) is 0 Å². The average molecular weight is 295 g/mol. The molecule has 0 saturated heterocycles. The fourth-order valence-electron chi connectivity index (χ4n) is 1.89. The molecule has 0 aliphatic heterocycles. The molecule has 0 atom stereocenters. The number of aryl methyl sites for hydroxylation is 1. The summed E-state index contributed by atoms with van der Waals surface area (Å²) >= 11 is 5.82. The van der Waals surface area contributed by atoms with E-state index in [1.807, 2.05) is 25.1 Å². The minimum atomic E-state index is -0.243. The molecule has 2 aromatic carbocycles. The Labute approximate surface area is 123 Å². The van der Waals surface area contributed by atoms with Crippen LogP contribution in [0, 0.1) is 12.7 Å². The number of benzene rings is 2. The van der Waals surface area contributed by atoms with Crippen molar-refractivity contribution >= 4 is 11.6 Å². The zero-order valence-corrected chi connectivity index (χ0v) is 12.2. The van der Waals surface area contributed by atoms with Gasteiger partial charge in [0.2, 0.25) is 0 Å². The predicted octanol–water partition coefficient (Wildman–Crippen LogP) is 4.46. The van der Waals surface area contributed by atoms with E-state index < -0.39 is 0 Å². The maximum Gasteiger partial charge on any atom is 0.161 e. The monoisotopic (exact) mass is 294 g/mol. The topological polar surface area (TPSA) is 18.5 Å². The molecule has 0 spiro atoms. The Morgan fingerprint density at radius 2 is 1.90 bits per heavy atom. The number of hydrogen-bond acceptors (Lipinski definition) is 2. The Morgan fingerprint density at radius 1 is 1.10 bits per heavy atom. The number of halogens is 2. The smallest absolute Gasteiger partial charge is 0.161 e. The molecule has 0 aromatic heterocycles. The van der Waals surface area contributed by atoms with Crippen LogP contribution in [0.15, 0.2) is 36.4 Å². The average Bonchev–Trinajstić information content (AvgIpc) is 2.46. The maximum atomic E-state index is 13.1. The first-order chi connectivity index (χ1) is 9.63. The van der Waals surface area contributed by atoms with Crippen molar-refractivity contribution in [2.24, 2.45) is 0 Å². The molecular weight excluding hydrogens is 279 g/mol. The Bertz CT molecular complexity index is 599. The molecule has 0 fully saturated rings. The van der Waals surface area contributed by atoms with Crippen molar-refractivity contribution in [1.29, 1.82) is 0 Å². The molecule has 4 heteroatoms. The van der Waals surface area contributed by atoms with Crippen molar-refractivity contribution in [3.8, 4) is 11.5 Å². The van der Waals surface area contributed by atoms with E-state index in [4.69, 9.17) is 21.1 Å². The summed E-state index contributed by atoms with van der Waals surface area (Å²) in [7, 11) is 1.59. The molecule has 106 valence electrons. The molecule has 2 nitrogen and oxygen atoms in total. The summed E-state index contributed by atoms with van der Waals surface area (Å²) in [4.78, 5) is 0. The molecule has 0 unspecified atom stereocenters. The lowest BCUT2D eigenvalue weighted by atomic mass is 10.1. The third-order valence-corrected chi connectivity index (χ3v) is 3.38. The molecule has 2 rings (SSSR count). The van der Waals surface area contributed by atoms with Gasteiger partial charge in [-0.15, -0.1) is 11.6 Å². The van der Waals surface area contributed by atoms with Crippen LogP contribution in [0.3, 0.4) is 0 Å². The van der Waals surface area contributed by atoms with Crippen LogP contribution in [0.5, 0.6) is 11.5 Å². The molecular formula is C16H16ClFO2. The number of hydrogen-bond donors (Lipinski definition) is 0. The van der Waals surface area contributed by atoms with Gasteiger partial charge in [-0.3, -0.25) is 0 Å². The van der Waals surface area contributed by atoms with Crippen LogP contribution in [0.4, 0.5) is 4.39 Å². The van der Waals surface area contributed by atoms with Crippen molar-refractivity contribution < 1.29 is 13.9 Å². The van der Waals surface area contributed by atoms with Crippen LogP contribution >= 0.6 is 11.6 Å². The second kappa shape index (κ2) is 6.62. The Morgan fingerprint density at radius 3 is 2.55 bits per heavy atom. The van der Waals surface area contributed by atoms with Crippen LogP contribution < -0.4 is 9.47 Å². The lowest BCUT2D eigenvalue weighted by molar-refractivity contribution is 0.283. The molecule has 0 heterocycles. The van der Waals surface area contributed by atoms with Gasteiger partial charge in [0, 0.05) is 5.88 Å². The van der Waals surface area contributed by atoms with Crippen LogP contribution in [-0.2, 0) is 12.5 Å². The third-order valence-electron chi connectivity index (χ3n) is 3.07. The first-order valence-corrected chi connectivity index (χ1v) is 6.78. The molecule has 0 amide bonds. The van der Waals surface area contributed by atoms with Gasteiger partial charge in [0.05, 0.1) is 7.11 Å². The van der Waals surface area contributed by atoms with Crippen LogP contribution in [0.25, 0.3) is 0 Å². The largest absolute Gasteiger partial charge is 0.493 e. The molecule has 0 radical (unpaired) electrons. The van der Waals surface area contributed by atoms with Crippen LogP contribution in [0.2, 0.25) is 0 Å². The zero-order chi connectivity index (χ0) is 14.5. The van der Waals surface area contributed by atoms with E-state index in [0.29, 0.717) is 24.0 Å². The Hall–Kier alpha value is -1.74. The first-order valence-electron chi connectivity index (χ1n) is 6.24. The summed E-state index contributed by atoms with van der Waals surface area (Å²) in [5.74, 6) is 1.46. The number of ether oxygens (including phenoxy) is 2. The van der Waals surface area contributed by atoms with E-state index in [9.17, 15) is 4.39 Å². The molecule has 0 aliphatic carbocycles. The molecule has 0 aliphatic rings. The zero-order valence-electron chi connectivity index (χ0n) is 11.5. The molecule has 0 saturated carbocycles. The summed E-state index contributed by atoms with van der Waals surface area (Å²) in [6.07, 6.45) is 0. The van der Waals surface area contributed by atoms with Crippen LogP contribution in [0.1, 0.15) is 16.7 Å². The van der Waals surface area contributed by atoms with Crippen molar-refractivity contribution in [3.63, 3.8) is 0 Å². The van der Waals surface area contributed by atoms with Crippen molar-refractivity contribution in [2.45, 2.75) is 19.4 Å². The van der Waals surface area contributed by atoms with Crippen molar-refractivity contribution in [3.05, 3.63) is 58.9 Å². The highest BCUT2D eigenvalue weighted by Crippen LogP contribution is 2.29. The fourth-order valence-corrected chi connectivity index (χ4v) is 2.06. The highest BCUT2D eigenvalue weighted by atomic mass is 35.5. The summed E-state index contributed by atoms with van der Waals surface area (Å²) in [6, 6.07) is 10.2. The second-order valence-corrected chi connectivity index (χ2v) is 4.75. The molecule has 0 N–H and O–H groups in total. The highest BCUT2D eigenvalue weighted by molar-refractivity contribution is 6.17. The van der Waals surface area contributed by atoms with E-state index in [1.54, 1.807) is 13.2 Å². The molecule has 20 heavy (non-hydrogen) atoms. The van der Waals surface area contributed by atoms with E-state index in [1.165, 1.54) is 12.1 Å². The normalized spacial score (nSPS) is 10.4. The summed E-state index contributed by atoms with van der Waals surface area (Å²) in [5.41, 5.74) is 2.75. The van der Waals surface area contributed by atoms with Gasteiger partial charge in [0.15, 0.2) is 11.5 Å². The van der Waals surface area contributed by atoms with E-state index in [0.717, 1.165) is 16.7 Å². The van der Waals surface area contributed by atoms with Crippen LogP contribution in [-0.4, -0.2) is 7.11 Å². The van der Waals surface area contributed by atoms with Crippen molar-refractivity contribution in [2.75, 3.05) is 7.11 Å². The SMILES string of the molecule is COc1ccc(CCl)cc1OCc1ccc(F)cc1C. The molecule has 2 aromatic rings.